The molecule has 3 aromatic rings. The number of para-hydroxylation sites is 1. The van der Waals surface area contributed by atoms with Gasteiger partial charge in [-0.05, 0) is 49.2 Å². The lowest BCUT2D eigenvalue weighted by Gasteiger charge is -2.10. The fraction of sp³-hybridized carbons (Fsp3) is 0.250. The summed E-state index contributed by atoms with van der Waals surface area (Å²) in [6.45, 7) is 4.70. The number of benzene rings is 2. The van der Waals surface area contributed by atoms with Crippen molar-refractivity contribution in [2.45, 2.75) is 32.0 Å². The molecule has 0 spiro atoms. The molecule has 0 unspecified atom stereocenters. The largest absolute Gasteiger partial charge is 0.325 e. The monoisotopic (exact) mass is 384 g/mol. The number of rotatable bonds is 7. The third kappa shape index (κ3) is 4.54. The van der Waals surface area contributed by atoms with Gasteiger partial charge in [-0.1, -0.05) is 36.9 Å². The Kier molecular flexibility index (Phi) is 6.24. The molecule has 0 fully saturated rings. The third-order valence-corrected chi connectivity index (χ3v) is 5.11. The fourth-order valence-electron chi connectivity index (χ4n) is 2.76. The SMILES string of the molecule is CCc1ccccc1NC(=O)CSc1nnc(-c2ccc(F)cc2)n1CC. The Balaban J connectivity index is 1.69. The van der Waals surface area contributed by atoms with Crippen molar-refractivity contribution in [1.29, 1.82) is 0 Å². The van der Waals surface area contributed by atoms with Gasteiger partial charge < -0.3 is 9.88 Å². The zero-order valence-corrected chi connectivity index (χ0v) is 16.1. The highest BCUT2D eigenvalue weighted by atomic mass is 32.2. The Bertz CT molecular complexity index is 924. The lowest BCUT2D eigenvalue weighted by Crippen LogP contribution is -2.15. The Labute approximate surface area is 162 Å². The van der Waals surface area contributed by atoms with Gasteiger partial charge in [-0.25, -0.2) is 4.39 Å². The second kappa shape index (κ2) is 8.81. The number of nitrogens with one attached hydrogen (secondary N) is 1. The molecule has 1 amide bonds. The number of hydrogen-bond acceptors (Lipinski definition) is 4. The minimum Gasteiger partial charge on any atom is -0.325 e. The highest BCUT2D eigenvalue weighted by Gasteiger charge is 2.15. The summed E-state index contributed by atoms with van der Waals surface area (Å²) in [7, 11) is 0. The van der Waals surface area contributed by atoms with E-state index in [-0.39, 0.29) is 17.5 Å². The van der Waals surface area contributed by atoms with Gasteiger partial charge in [-0.2, -0.15) is 0 Å². The summed E-state index contributed by atoms with van der Waals surface area (Å²) in [5.74, 6) is 0.520. The van der Waals surface area contributed by atoms with Crippen LogP contribution in [-0.4, -0.2) is 26.4 Å². The van der Waals surface area contributed by atoms with Crippen LogP contribution < -0.4 is 5.32 Å². The van der Waals surface area contributed by atoms with Crippen LogP contribution in [-0.2, 0) is 17.8 Å². The average Bonchev–Trinajstić information content (AvgIpc) is 3.10. The highest BCUT2D eigenvalue weighted by molar-refractivity contribution is 7.99. The molecular formula is C20H21FN4OS. The van der Waals surface area contributed by atoms with Crippen molar-refractivity contribution in [3.63, 3.8) is 0 Å². The Hall–Kier alpha value is -2.67. The lowest BCUT2D eigenvalue weighted by molar-refractivity contribution is -0.113. The third-order valence-electron chi connectivity index (χ3n) is 4.14. The molecule has 0 aliphatic heterocycles. The number of nitrogens with zero attached hydrogens (tertiary/aromatic N) is 3. The van der Waals surface area contributed by atoms with E-state index in [1.807, 2.05) is 35.8 Å². The van der Waals surface area contributed by atoms with E-state index in [1.165, 1.54) is 23.9 Å². The summed E-state index contributed by atoms with van der Waals surface area (Å²) in [4.78, 5) is 12.3. The molecule has 0 saturated carbocycles. The summed E-state index contributed by atoms with van der Waals surface area (Å²) >= 11 is 1.33. The predicted molar refractivity (Wildman–Crippen MR) is 106 cm³/mol. The Morgan fingerprint density at radius 2 is 1.85 bits per heavy atom. The lowest BCUT2D eigenvalue weighted by atomic mass is 10.1. The molecule has 0 radical (unpaired) electrons. The maximum absolute atomic E-state index is 13.1. The molecule has 5 nitrogen and oxygen atoms in total. The van der Waals surface area contributed by atoms with E-state index in [0.717, 1.165) is 23.2 Å². The van der Waals surface area contributed by atoms with Gasteiger partial charge in [0, 0.05) is 17.8 Å². The first-order chi connectivity index (χ1) is 13.1. The van der Waals surface area contributed by atoms with Gasteiger partial charge in [0.05, 0.1) is 5.75 Å². The first kappa shape index (κ1) is 19.1. The van der Waals surface area contributed by atoms with Crippen molar-refractivity contribution in [3.05, 3.63) is 59.9 Å². The summed E-state index contributed by atoms with van der Waals surface area (Å²) < 4.78 is 15.1. The standard InChI is InChI=1S/C20H21FN4OS/c1-3-14-7-5-6-8-17(14)22-18(26)13-27-20-24-23-19(25(20)4-2)15-9-11-16(21)12-10-15/h5-12H,3-4,13H2,1-2H3,(H,22,26). The van der Waals surface area contributed by atoms with E-state index in [1.54, 1.807) is 12.1 Å². The summed E-state index contributed by atoms with van der Waals surface area (Å²) in [6, 6.07) is 13.9. The molecule has 1 aromatic heterocycles. The van der Waals surface area contributed by atoms with Crippen LogP contribution in [0.3, 0.4) is 0 Å². The van der Waals surface area contributed by atoms with Crippen molar-refractivity contribution in [2.75, 3.05) is 11.1 Å². The minimum atomic E-state index is -0.292. The average molecular weight is 384 g/mol. The normalized spacial score (nSPS) is 10.8. The van der Waals surface area contributed by atoms with Gasteiger partial charge in [-0.15, -0.1) is 10.2 Å². The topological polar surface area (TPSA) is 59.8 Å². The van der Waals surface area contributed by atoms with Crippen LogP contribution in [0.5, 0.6) is 0 Å². The van der Waals surface area contributed by atoms with Crippen LogP contribution in [0.4, 0.5) is 10.1 Å². The molecule has 0 aliphatic rings. The molecule has 0 saturated heterocycles. The first-order valence-electron chi connectivity index (χ1n) is 8.82. The molecule has 1 heterocycles. The van der Waals surface area contributed by atoms with Crippen molar-refractivity contribution in [1.82, 2.24) is 14.8 Å². The van der Waals surface area contributed by atoms with E-state index in [0.29, 0.717) is 17.5 Å². The van der Waals surface area contributed by atoms with Crippen LogP contribution in [0.25, 0.3) is 11.4 Å². The van der Waals surface area contributed by atoms with Crippen LogP contribution in [0, 0.1) is 5.82 Å². The zero-order chi connectivity index (χ0) is 19.2. The molecule has 3 rings (SSSR count). The molecule has 1 N–H and O–H groups in total. The van der Waals surface area contributed by atoms with Gasteiger partial charge >= 0.3 is 0 Å². The number of carbonyl (C=O) groups is 1. The number of amides is 1. The van der Waals surface area contributed by atoms with E-state index in [2.05, 4.69) is 22.4 Å². The number of carbonyl (C=O) groups excluding carboxylic acids is 1. The summed E-state index contributed by atoms with van der Waals surface area (Å²) in [6.07, 6.45) is 0.856. The fourth-order valence-corrected chi connectivity index (χ4v) is 3.56. The molecular weight excluding hydrogens is 363 g/mol. The number of aromatic nitrogens is 3. The van der Waals surface area contributed by atoms with Gasteiger partial charge in [0.15, 0.2) is 11.0 Å². The summed E-state index contributed by atoms with van der Waals surface area (Å²) in [5, 5.41) is 12.0. The molecule has 0 atom stereocenters. The van der Waals surface area contributed by atoms with Gasteiger partial charge in [0.25, 0.3) is 0 Å². The zero-order valence-electron chi connectivity index (χ0n) is 15.3. The number of anilines is 1. The number of halogens is 1. The van der Waals surface area contributed by atoms with Crippen molar-refractivity contribution in [2.24, 2.45) is 0 Å². The quantitative estimate of drug-likeness (QED) is 0.614. The second-order valence-electron chi connectivity index (χ2n) is 5.90. The smallest absolute Gasteiger partial charge is 0.234 e. The van der Waals surface area contributed by atoms with Gasteiger partial charge in [0.1, 0.15) is 5.82 Å². The number of aryl methyl sites for hydroxylation is 1. The number of thioether (sulfide) groups is 1. The van der Waals surface area contributed by atoms with Crippen LogP contribution in [0.2, 0.25) is 0 Å². The van der Waals surface area contributed by atoms with Crippen LogP contribution in [0.15, 0.2) is 53.7 Å². The van der Waals surface area contributed by atoms with Gasteiger partial charge in [0.2, 0.25) is 5.91 Å². The van der Waals surface area contributed by atoms with E-state index >= 15 is 0 Å². The maximum Gasteiger partial charge on any atom is 0.234 e. The van der Waals surface area contributed by atoms with E-state index in [9.17, 15) is 9.18 Å². The Morgan fingerprint density at radius 3 is 2.56 bits per heavy atom. The minimum absolute atomic E-state index is 0.0881. The Morgan fingerprint density at radius 1 is 1.11 bits per heavy atom. The molecule has 7 heteroatoms. The highest BCUT2D eigenvalue weighted by Crippen LogP contribution is 2.24. The molecule has 27 heavy (non-hydrogen) atoms. The van der Waals surface area contributed by atoms with Crippen molar-refractivity contribution >= 4 is 23.4 Å². The molecule has 140 valence electrons. The van der Waals surface area contributed by atoms with Crippen LogP contribution >= 0.6 is 11.8 Å². The van der Waals surface area contributed by atoms with Crippen molar-refractivity contribution in [3.8, 4) is 11.4 Å². The molecule has 0 aliphatic carbocycles. The van der Waals surface area contributed by atoms with Crippen LogP contribution in [0.1, 0.15) is 19.4 Å². The first-order valence-corrected chi connectivity index (χ1v) is 9.80. The van der Waals surface area contributed by atoms with E-state index in [4.69, 9.17) is 0 Å². The number of hydrogen-bond donors (Lipinski definition) is 1. The van der Waals surface area contributed by atoms with Crippen molar-refractivity contribution < 1.29 is 9.18 Å². The predicted octanol–water partition coefficient (Wildman–Crippen LogP) is 4.40. The van der Waals surface area contributed by atoms with E-state index < -0.39 is 0 Å². The molecule has 0 bridgehead atoms. The van der Waals surface area contributed by atoms with Gasteiger partial charge in [-0.3, -0.25) is 4.79 Å². The second-order valence-corrected chi connectivity index (χ2v) is 6.85. The molecule has 2 aromatic carbocycles. The summed E-state index contributed by atoms with van der Waals surface area (Å²) in [5.41, 5.74) is 2.74. The maximum atomic E-state index is 13.1.